The molecule has 1 amide bonds. The predicted molar refractivity (Wildman–Crippen MR) is 172 cm³/mol. The van der Waals surface area contributed by atoms with Gasteiger partial charge in [-0.2, -0.15) is 5.10 Å². The van der Waals surface area contributed by atoms with Gasteiger partial charge in [-0.25, -0.2) is 5.43 Å². The molecular formula is C35H39BrN2O3. The van der Waals surface area contributed by atoms with Gasteiger partial charge in [-0.15, -0.1) is 0 Å². The zero-order valence-corrected chi connectivity index (χ0v) is 26.3. The molecule has 0 bridgehead atoms. The highest BCUT2D eigenvalue weighted by atomic mass is 79.9. The number of benzene rings is 4. The van der Waals surface area contributed by atoms with Gasteiger partial charge in [0.25, 0.3) is 0 Å². The monoisotopic (exact) mass is 614 g/mol. The molecule has 0 radical (unpaired) electrons. The fraction of sp³-hybridized carbons (Fsp3) is 0.314. The van der Waals surface area contributed by atoms with Gasteiger partial charge in [-0.1, -0.05) is 112 Å². The number of halogens is 1. The van der Waals surface area contributed by atoms with E-state index in [1.807, 2.05) is 48.5 Å². The van der Waals surface area contributed by atoms with Gasteiger partial charge in [0.1, 0.15) is 18.1 Å². The van der Waals surface area contributed by atoms with Crippen LogP contribution in [0.15, 0.2) is 82.4 Å². The second kappa shape index (κ2) is 12.5. The quantitative estimate of drug-likeness (QED) is 0.154. The number of carbonyl (C=O) groups excluding carboxylic acids is 1. The lowest BCUT2D eigenvalue weighted by Crippen LogP contribution is -2.20. The zero-order valence-electron chi connectivity index (χ0n) is 24.7. The van der Waals surface area contributed by atoms with Crippen LogP contribution < -0.4 is 10.2 Å². The van der Waals surface area contributed by atoms with Gasteiger partial charge in [-0.3, -0.25) is 4.79 Å². The summed E-state index contributed by atoms with van der Waals surface area (Å²) in [6.07, 6.45) is 2.43. The highest BCUT2D eigenvalue weighted by molar-refractivity contribution is 9.10. The molecule has 0 fully saturated rings. The van der Waals surface area contributed by atoms with Crippen molar-refractivity contribution in [3.8, 4) is 11.5 Å². The molecule has 0 atom stereocenters. The molecule has 0 aliphatic carbocycles. The van der Waals surface area contributed by atoms with Gasteiger partial charge in [0.15, 0.2) is 0 Å². The Balaban J connectivity index is 1.42. The van der Waals surface area contributed by atoms with Crippen LogP contribution >= 0.6 is 15.9 Å². The third kappa shape index (κ3) is 7.76. The number of phenolic OH excluding ortho intramolecular Hbond substituents is 1. The molecule has 41 heavy (non-hydrogen) atoms. The van der Waals surface area contributed by atoms with Crippen molar-refractivity contribution in [2.75, 3.05) is 0 Å². The minimum absolute atomic E-state index is 0.183. The van der Waals surface area contributed by atoms with Gasteiger partial charge in [0, 0.05) is 16.5 Å². The SMILES string of the molecule is CC(C)(C)c1cc(CCC(=O)N/N=C\c2cc(Br)ccc2OCc2cccc3ccccc23)cc(C(C)(C)C)c1O. The fourth-order valence-electron chi connectivity index (χ4n) is 4.80. The summed E-state index contributed by atoms with van der Waals surface area (Å²) in [4.78, 5) is 12.7. The number of hydrogen-bond acceptors (Lipinski definition) is 4. The van der Waals surface area contributed by atoms with Crippen LogP contribution in [0.5, 0.6) is 11.5 Å². The van der Waals surface area contributed by atoms with Crippen LogP contribution in [0.25, 0.3) is 10.8 Å². The Bertz CT molecular complexity index is 1540. The summed E-state index contributed by atoms with van der Waals surface area (Å²) in [6, 6.07) is 24.2. The van der Waals surface area contributed by atoms with E-state index in [1.165, 1.54) is 5.39 Å². The molecule has 5 nitrogen and oxygen atoms in total. The van der Waals surface area contributed by atoms with E-state index in [2.05, 4.69) is 92.3 Å². The molecule has 0 saturated heterocycles. The van der Waals surface area contributed by atoms with Crippen LogP contribution in [-0.2, 0) is 28.7 Å². The first-order chi connectivity index (χ1) is 19.3. The number of hydrazone groups is 1. The number of rotatable bonds is 8. The van der Waals surface area contributed by atoms with Crippen molar-refractivity contribution < 1.29 is 14.6 Å². The Morgan fingerprint density at radius 3 is 2.27 bits per heavy atom. The average molecular weight is 616 g/mol. The molecule has 2 N–H and O–H groups in total. The molecule has 0 saturated carbocycles. The van der Waals surface area contributed by atoms with Crippen molar-refractivity contribution in [1.82, 2.24) is 5.43 Å². The molecule has 4 aromatic rings. The van der Waals surface area contributed by atoms with Crippen LogP contribution in [0.2, 0.25) is 0 Å². The normalized spacial score (nSPS) is 12.2. The lowest BCUT2D eigenvalue weighted by Gasteiger charge is -2.28. The van der Waals surface area contributed by atoms with Crippen molar-refractivity contribution in [3.63, 3.8) is 0 Å². The summed E-state index contributed by atoms with van der Waals surface area (Å²) in [7, 11) is 0. The van der Waals surface area contributed by atoms with Crippen LogP contribution in [-0.4, -0.2) is 17.2 Å². The molecule has 214 valence electrons. The highest BCUT2D eigenvalue weighted by Crippen LogP contribution is 2.40. The van der Waals surface area contributed by atoms with Gasteiger partial charge in [0.05, 0.1) is 6.21 Å². The lowest BCUT2D eigenvalue weighted by atomic mass is 9.78. The maximum atomic E-state index is 12.7. The Labute approximate surface area is 251 Å². The third-order valence-electron chi connectivity index (χ3n) is 7.05. The molecule has 0 unspecified atom stereocenters. The van der Waals surface area contributed by atoms with E-state index in [1.54, 1.807) is 6.21 Å². The number of phenols is 1. The number of aromatic hydroxyl groups is 1. The number of hydrogen-bond donors (Lipinski definition) is 2. The van der Waals surface area contributed by atoms with Gasteiger partial charge >= 0.3 is 0 Å². The maximum Gasteiger partial charge on any atom is 0.240 e. The first-order valence-electron chi connectivity index (χ1n) is 13.9. The number of fused-ring (bicyclic) bond motifs is 1. The lowest BCUT2D eigenvalue weighted by molar-refractivity contribution is -0.121. The van der Waals surface area contributed by atoms with E-state index in [0.717, 1.165) is 37.7 Å². The third-order valence-corrected chi connectivity index (χ3v) is 7.55. The molecule has 0 aromatic heterocycles. The average Bonchev–Trinajstić information content (AvgIpc) is 2.90. The Hall–Kier alpha value is -3.64. The summed E-state index contributed by atoms with van der Waals surface area (Å²) in [5.41, 5.74) is 6.88. The number of ether oxygens (including phenoxy) is 1. The molecule has 0 spiro atoms. The van der Waals surface area contributed by atoms with Gasteiger partial charge in [0.2, 0.25) is 5.91 Å². The minimum atomic E-state index is -0.218. The second-order valence-corrected chi connectivity index (χ2v) is 13.4. The number of aryl methyl sites for hydroxylation is 1. The summed E-state index contributed by atoms with van der Waals surface area (Å²) < 4.78 is 7.08. The van der Waals surface area contributed by atoms with E-state index >= 15 is 0 Å². The van der Waals surface area contributed by atoms with E-state index in [0.29, 0.717) is 24.5 Å². The Morgan fingerprint density at radius 2 is 1.59 bits per heavy atom. The molecule has 4 aromatic carbocycles. The van der Waals surface area contributed by atoms with Gasteiger partial charge in [-0.05, 0) is 68.5 Å². The van der Waals surface area contributed by atoms with Crippen LogP contribution in [0.4, 0.5) is 0 Å². The van der Waals surface area contributed by atoms with E-state index < -0.39 is 0 Å². The molecule has 4 rings (SSSR count). The van der Waals surface area contributed by atoms with Gasteiger partial charge < -0.3 is 9.84 Å². The van der Waals surface area contributed by atoms with Crippen LogP contribution in [0.3, 0.4) is 0 Å². The Kier molecular flexibility index (Phi) is 9.23. The number of carbonyl (C=O) groups is 1. The van der Waals surface area contributed by atoms with Crippen molar-refractivity contribution in [2.45, 2.75) is 71.8 Å². The molecule has 0 aliphatic heterocycles. The molecular weight excluding hydrogens is 576 g/mol. The number of amides is 1. The minimum Gasteiger partial charge on any atom is -0.507 e. The van der Waals surface area contributed by atoms with Crippen molar-refractivity contribution in [3.05, 3.63) is 105 Å². The summed E-state index contributed by atoms with van der Waals surface area (Å²) in [5, 5.41) is 17.5. The first-order valence-corrected chi connectivity index (χ1v) is 14.7. The zero-order chi connectivity index (χ0) is 29.8. The highest BCUT2D eigenvalue weighted by Gasteiger charge is 2.26. The second-order valence-electron chi connectivity index (χ2n) is 12.4. The largest absolute Gasteiger partial charge is 0.507 e. The van der Waals surface area contributed by atoms with Crippen LogP contribution in [0.1, 0.15) is 75.8 Å². The topological polar surface area (TPSA) is 70.9 Å². The fourth-order valence-corrected chi connectivity index (χ4v) is 5.17. The Morgan fingerprint density at radius 1 is 0.927 bits per heavy atom. The molecule has 0 aliphatic rings. The first kappa shape index (κ1) is 30.3. The predicted octanol–water partition coefficient (Wildman–Crippen LogP) is 8.56. The van der Waals surface area contributed by atoms with E-state index in [4.69, 9.17) is 4.74 Å². The molecule has 0 heterocycles. The van der Waals surface area contributed by atoms with E-state index in [9.17, 15) is 9.90 Å². The van der Waals surface area contributed by atoms with E-state index in [-0.39, 0.29) is 23.2 Å². The van der Waals surface area contributed by atoms with Crippen molar-refractivity contribution in [1.29, 1.82) is 0 Å². The summed E-state index contributed by atoms with van der Waals surface area (Å²) in [6.45, 7) is 12.9. The summed E-state index contributed by atoms with van der Waals surface area (Å²) >= 11 is 3.52. The number of nitrogens with one attached hydrogen (secondary N) is 1. The maximum absolute atomic E-state index is 12.7. The summed E-state index contributed by atoms with van der Waals surface area (Å²) in [5.74, 6) is 0.833. The number of nitrogens with zero attached hydrogens (tertiary/aromatic N) is 1. The van der Waals surface area contributed by atoms with Crippen molar-refractivity contribution in [2.24, 2.45) is 5.10 Å². The van der Waals surface area contributed by atoms with Crippen LogP contribution in [0, 0.1) is 0 Å². The van der Waals surface area contributed by atoms with Crippen molar-refractivity contribution >= 4 is 38.8 Å². The standard InChI is InChI=1S/C35H39BrN2O3/c1-34(2,3)29-18-23(19-30(33(29)40)35(4,5)6)14-17-32(39)38-37-21-26-20-27(36)15-16-31(26)41-22-25-12-9-11-24-10-7-8-13-28(24)25/h7-13,15-16,18-21,40H,14,17,22H2,1-6H3,(H,38,39)/b37-21-. The smallest absolute Gasteiger partial charge is 0.240 e. The molecule has 6 heteroatoms.